The SMILES string of the molecule is Cc1cccc2ncc(C(CC(=O)NCc3ccc4c(c3)OCO4)c3cccc(C(F)(F)F)c3)n12. The van der Waals surface area contributed by atoms with Crippen LogP contribution in [-0.2, 0) is 17.5 Å². The van der Waals surface area contributed by atoms with Crippen molar-refractivity contribution in [1.82, 2.24) is 14.7 Å². The standard InChI is InChI=1S/C26H22F3N3O3/c1-16-4-2-7-24-30-14-21(32(16)24)20(18-5-3-6-19(11-18)26(27,28)29)12-25(33)31-13-17-8-9-22-23(10-17)35-15-34-22/h2-11,14,20H,12-13,15H2,1H3,(H,31,33). The highest BCUT2D eigenvalue weighted by Crippen LogP contribution is 2.35. The summed E-state index contributed by atoms with van der Waals surface area (Å²) in [7, 11) is 0. The lowest BCUT2D eigenvalue weighted by molar-refractivity contribution is -0.137. The van der Waals surface area contributed by atoms with Crippen LogP contribution in [-0.4, -0.2) is 22.1 Å². The molecule has 1 aliphatic rings. The molecule has 0 fully saturated rings. The number of alkyl halides is 3. The van der Waals surface area contributed by atoms with E-state index in [1.807, 2.05) is 35.6 Å². The number of imidazole rings is 1. The smallest absolute Gasteiger partial charge is 0.416 e. The summed E-state index contributed by atoms with van der Waals surface area (Å²) in [6.07, 6.45) is -2.91. The Labute approximate surface area is 199 Å². The number of carbonyl (C=O) groups excluding carboxylic acids is 1. The van der Waals surface area contributed by atoms with E-state index in [1.54, 1.807) is 24.4 Å². The van der Waals surface area contributed by atoms with Crippen molar-refractivity contribution in [1.29, 1.82) is 0 Å². The van der Waals surface area contributed by atoms with Gasteiger partial charge in [0.1, 0.15) is 5.65 Å². The van der Waals surface area contributed by atoms with Crippen LogP contribution in [0, 0.1) is 6.92 Å². The summed E-state index contributed by atoms with van der Waals surface area (Å²) >= 11 is 0. The van der Waals surface area contributed by atoms with E-state index in [1.165, 1.54) is 6.07 Å². The number of ether oxygens (including phenoxy) is 2. The van der Waals surface area contributed by atoms with Gasteiger partial charge in [-0.2, -0.15) is 13.2 Å². The van der Waals surface area contributed by atoms with Crippen molar-refractivity contribution in [3.8, 4) is 11.5 Å². The number of hydrogen-bond donors (Lipinski definition) is 1. The van der Waals surface area contributed by atoms with Gasteiger partial charge in [0.25, 0.3) is 0 Å². The molecule has 3 heterocycles. The van der Waals surface area contributed by atoms with Gasteiger partial charge < -0.3 is 19.2 Å². The van der Waals surface area contributed by atoms with Crippen molar-refractivity contribution in [2.45, 2.75) is 32.0 Å². The van der Waals surface area contributed by atoms with E-state index < -0.39 is 17.7 Å². The molecule has 0 spiro atoms. The first-order chi connectivity index (χ1) is 16.8. The zero-order chi connectivity index (χ0) is 24.6. The van der Waals surface area contributed by atoms with Gasteiger partial charge in [-0.05, 0) is 48.4 Å². The number of halogens is 3. The quantitative estimate of drug-likeness (QED) is 0.410. The fraction of sp³-hybridized carbons (Fsp3) is 0.231. The van der Waals surface area contributed by atoms with Crippen molar-refractivity contribution in [2.75, 3.05) is 6.79 Å². The summed E-state index contributed by atoms with van der Waals surface area (Å²) in [6, 6.07) is 16.1. The van der Waals surface area contributed by atoms with E-state index in [9.17, 15) is 18.0 Å². The fourth-order valence-electron chi connectivity index (χ4n) is 4.31. The van der Waals surface area contributed by atoms with Crippen molar-refractivity contribution < 1.29 is 27.4 Å². The third-order valence-corrected chi connectivity index (χ3v) is 6.04. The lowest BCUT2D eigenvalue weighted by atomic mass is 9.91. The number of nitrogens with zero attached hydrogens (tertiary/aromatic N) is 2. The molecule has 2 aromatic carbocycles. The van der Waals surface area contributed by atoms with Crippen LogP contribution in [0.1, 0.15) is 40.4 Å². The van der Waals surface area contributed by atoms with Crippen molar-refractivity contribution in [3.63, 3.8) is 0 Å². The minimum Gasteiger partial charge on any atom is -0.454 e. The molecule has 0 saturated carbocycles. The molecular weight excluding hydrogens is 459 g/mol. The molecule has 2 aromatic heterocycles. The maximum absolute atomic E-state index is 13.4. The molecular formula is C26H22F3N3O3. The number of aryl methyl sites for hydroxylation is 1. The number of rotatable bonds is 6. The normalized spacial score (nSPS) is 13.7. The monoisotopic (exact) mass is 481 g/mol. The molecule has 35 heavy (non-hydrogen) atoms. The van der Waals surface area contributed by atoms with Crippen LogP contribution < -0.4 is 14.8 Å². The molecule has 0 bridgehead atoms. The number of aromatic nitrogens is 2. The van der Waals surface area contributed by atoms with Crippen LogP contribution in [0.15, 0.2) is 66.9 Å². The van der Waals surface area contributed by atoms with Gasteiger partial charge in [-0.25, -0.2) is 4.98 Å². The Bertz CT molecular complexity index is 1400. The van der Waals surface area contributed by atoms with E-state index >= 15 is 0 Å². The van der Waals surface area contributed by atoms with E-state index in [0.29, 0.717) is 28.4 Å². The molecule has 4 aromatic rings. The first-order valence-electron chi connectivity index (χ1n) is 11.0. The second-order valence-corrected chi connectivity index (χ2v) is 8.39. The highest BCUT2D eigenvalue weighted by molar-refractivity contribution is 5.77. The molecule has 1 unspecified atom stereocenters. The van der Waals surface area contributed by atoms with Crippen molar-refractivity contribution in [3.05, 3.63) is 94.9 Å². The van der Waals surface area contributed by atoms with Crippen LogP contribution in [0.2, 0.25) is 0 Å². The Hall–Kier alpha value is -4.01. The summed E-state index contributed by atoms with van der Waals surface area (Å²) in [5.74, 6) is 0.325. The van der Waals surface area contributed by atoms with Gasteiger partial charge in [-0.15, -0.1) is 0 Å². The summed E-state index contributed by atoms with van der Waals surface area (Å²) in [6.45, 7) is 2.29. The number of hydrogen-bond acceptors (Lipinski definition) is 4. The Morgan fingerprint density at radius 3 is 2.71 bits per heavy atom. The molecule has 1 amide bonds. The molecule has 1 aliphatic heterocycles. The van der Waals surface area contributed by atoms with Crippen LogP contribution in [0.25, 0.3) is 5.65 Å². The minimum absolute atomic E-state index is 0.0476. The van der Waals surface area contributed by atoms with E-state index in [0.717, 1.165) is 23.4 Å². The number of fused-ring (bicyclic) bond motifs is 2. The highest BCUT2D eigenvalue weighted by Gasteiger charge is 2.32. The summed E-state index contributed by atoms with van der Waals surface area (Å²) < 4.78 is 52.9. The largest absolute Gasteiger partial charge is 0.454 e. The second-order valence-electron chi connectivity index (χ2n) is 8.39. The maximum Gasteiger partial charge on any atom is 0.416 e. The van der Waals surface area contributed by atoms with Gasteiger partial charge in [0.05, 0.1) is 11.3 Å². The molecule has 0 saturated heterocycles. The zero-order valence-electron chi connectivity index (χ0n) is 18.8. The van der Waals surface area contributed by atoms with Gasteiger partial charge in [0, 0.05) is 30.8 Å². The predicted octanol–water partition coefficient (Wildman–Crippen LogP) is 5.23. The Morgan fingerprint density at radius 2 is 1.89 bits per heavy atom. The topological polar surface area (TPSA) is 64.9 Å². The lowest BCUT2D eigenvalue weighted by Gasteiger charge is -2.19. The van der Waals surface area contributed by atoms with Crippen LogP contribution in [0.4, 0.5) is 13.2 Å². The van der Waals surface area contributed by atoms with Gasteiger partial charge >= 0.3 is 6.18 Å². The van der Waals surface area contributed by atoms with Crippen LogP contribution in [0.5, 0.6) is 11.5 Å². The molecule has 1 atom stereocenters. The van der Waals surface area contributed by atoms with Crippen LogP contribution >= 0.6 is 0 Å². The molecule has 180 valence electrons. The highest BCUT2D eigenvalue weighted by atomic mass is 19.4. The fourth-order valence-corrected chi connectivity index (χ4v) is 4.31. The Balaban J connectivity index is 1.44. The van der Waals surface area contributed by atoms with Gasteiger partial charge in [0.2, 0.25) is 12.7 Å². The molecule has 0 radical (unpaired) electrons. The van der Waals surface area contributed by atoms with Gasteiger partial charge in [0.15, 0.2) is 11.5 Å². The third kappa shape index (κ3) is 4.66. The number of pyridine rings is 1. The number of benzene rings is 2. The predicted molar refractivity (Wildman–Crippen MR) is 122 cm³/mol. The average Bonchev–Trinajstić information content (AvgIpc) is 3.48. The maximum atomic E-state index is 13.4. The second kappa shape index (κ2) is 8.98. The molecule has 6 nitrogen and oxygen atoms in total. The summed E-state index contributed by atoms with van der Waals surface area (Å²) in [5.41, 5.74) is 2.64. The van der Waals surface area contributed by atoms with Crippen molar-refractivity contribution in [2.24, 2.45) is 0 Å². The zero-order valence-corrected chi connectivity index (χ0v) is 18.8. The Morgan fingerprint density at radius 1 is 1.09 bits per heavy atom. The number of amides is 1. The molecule has 0 aliphatic carbocycles. The van der Waals surface area contributed by atoms with Crippen LogP contribution in [0.3, 0.4) is 0 Å². The summed E-state index contributed by atoms with van der Waals surface area (Å²) in [5, 5.41) is 2.87. The van der Waals surface area contributed by atoms with Crippen molar-refractivity contribution >= 4 is 11.6 Å². The summed E-state index contributed by atoms with van der Waals surface area (Å²) in [4.78, 5) is 17.4. The van der Waals surface area contributed by atoms with E-state index in [4.69, 9.17) is 9.47 Å². The van der Waals surface area contributed by atoms with E-state index in [2.05, 4.69) is 10.3 Å². The average molecular weight is 481 g/mol. The lowest BCUT2D eigenvalue weighted by Crippen LogP contribution is -2.25. The number of carbonyl (C=O) groups is 1. The Kier molecular flexibility index (Phi) is 5.84. The minimum atomic E-state index is -4.49. The molecule has 1 N–H and O–H groups in total. The first-order valence-corrected chi connectivity index (χ1v) is 11.0. The molecule has 5 rings (SSSR count). The van der Waals surface area contributed by atoms with E-state index in [-0.39, 0.29) is 25.7 Å². The van der Waals surface area contributed by atoms with Gasteiger partial charge in [-0.1, -0.05) is 30.3 Å². The van der Waals surface area contributed by atoms with Gasteiger partial charge in [-0.3, -0.25) is 4.79 Å². The number of nitrogens with one attached hydrogen (secondary N) is 1. The molecule has 9 heteroatoms. The first kappa shape index (κ1) is 22.8. The third-order valence-electron chi connectivity index (χ3n) is 6.04.